The summed E-state index contributed by atoms with van der Waals surface area (Å²) in [5.41, 5.74) is -0.531. The standard InChI is InChI=1S/C42H56N2O6/c1-24(45)28-15-18-42(37(48)44-31-23-43-22-27-11-9-10-12-29(27)31)20-19-40(7)30(35(28)42)13-14-34-39(6)21-32(49-25(2)46)36(50-26(3)47)38(4,5)33(39)16-17-41(34,40)8/h9-12,22-23,28,30,32-36H,13-21H2,1-8H3,(H,44,48)/t28-,30+,32-,33-,34+,35+,36-,39-,40+,41+,42-/m0/s1. The molecule has 0 spiro atoms. The van der Waals surface area contributed by atoms with Crippen LogP contribution in [0.25, 0.3) is 10.8 Å². The minimum Gasteiger partial charge on any atom is -0.459 e. The number of anilines is 1. The van der Waals surface area contributed by atoms with Crippen molar-refractivity contribution in [3.05, 3.63) is 36.7 Å². The SMILES string of the molecule is CC(=O)O[C@H]1C[C@]2(C)[C@H]3CC[C@@H]4[C@H]5[C@H](C(C)=O)CC[C@]5(C(=O)Nc5cncc6ccccc56)CC[C@@]4(C)[C@]3(C)CC[C@H]2C(C)(C)[C@H]1OC(C)=O. The van der Waals surface area contributed by atoms with Gasteiger partial charge >= 0.3 is 11.9 Å². The first kappa shape index (κ1) is 35.1. The summed E-state index contributed by atoms with van der Waals surface area (Å²) in [6.45, 7) is 16.4. The highest BCUT2D eigenvalue weighted by Gasteiger charge is 2.73. The molecule has 0 radical (unpaired) electrons. The Morgan fingerprint density at radius 3 is 2.20 bits per heavy atom. The van der Waals surface area contributed by atoms with Gasteiger partial charge in [0.15, 0.2) is 0 Å². The number of amides is 1. The van der Waals surface area contributed by atoms with Crippen molar-refractivity contribution in [3.63, 3.8) is 0 Å². The molecule has 5 saturated carbocycles. The number of rotatable bonds is 5. The van der Waals surface area contributed by atoms with Crippen molar-refractivity contribution in [2.24, 2.45) is 56.7 Å². The van der Waals surface area contributed by atoms with E-state index < -0.39 is 17.6 Å². The fourth-order valence-corrected chi connectivity index (χ4v) is 13.7. The van der Waals surface area contributed by atoms with Crippen LogP contribution in [0.4, 0.5) is 5.69 Å². The average Bonchev–Trinajstić information content (AvgIpc) is 3.44. The van der Waals surface area contributed by atoms with E-state index in [0.29, 0.717) is 12.3 Å². The van der Waals surface area contributed by atoms with Crippen molar-refractivity contribution in [3.8, 4) is 0 Å². The molecule has 1 aromatic heterocycles. The normalized spacial score (nSPS) is 41.5. The highest BCUT2D eigenvalue weighted by molar-refractivity contribution is 6.04. The first-order valence-electron chi connectivity index (χ1n) is 19.0. The highest BCUT2D eigenvalue weighted by Crippen LogP contribution is 2.77. The summed E-state index contributed by atoms with van der Waals surface area (Å²) in [5.74, 6) is 0.277. The van der Waals surface area contributed by atoms with Gasteiger partial charge < -0.3 is 14.8 Å². The zero-order valence-electron chi connectivity index (χ0n) is 31.3. The summed E-state index contributed by atoms with van der Waals surface area (Å²) < 4.78 is 12.0. The predicted octanol–water partition coefficient (Wildman–Crippen LogP) is 8.32. The Balaban J connectivity index is 1.25. The fourth-order valence-electron chi connectivity index (χ4n) is 13.7. The molecule has 1 aromatic carbocycles. The van der Waals surface area contributed by atoms with Crippen LogP contribution in [-0.4, -0.2) is 40.8 Å². The van der Waals surface area contributed by atoms with Crippen LogP contribution in [0.3, 0.4) is 0 Å². The van der Waals surface area contributed by atoms with Crippen LogP contribution in [0.5, 0.6) is 0 Å². The first-order chi connectivity index (χ1) is 23.5. The molecule has 0 aliphatic heterocycles. The van der Waals surface area contributed by atoms with Gasteiger partial charge in [-0.3, -0.25) is 24.2 Å². The van der Waals surface area contributed by atoms with Crippen molar-refractivity contribution in [1.29, 1.82) is 0 Å². The molecule has 8 nitrogen and oxygen atoms in total. The van der Waals surface area contributed by atoms with E-state index in [0.717, 1.165) is 67.8 Å². The second kappa shape index (κ2) is 11.9. The molecule has 1 amide bonds. The second-order valence-corrected chi connectivity index (χ2v) is 18.2. The molecule has 0 saturated heterocycles. The molecule has 0 bridgehead atoms. The van der Waals surface area contributed by atoms with E-state index in [2.05, 4.69) is 44.9 Å². The van der Waals surface area contributed by atoms with E-state index in [4.69, 9.17) is 9.47 Å². The lowest BCUT2D eigenvalue weighted by Crippen LogP contribution is -2.69. The molecular weight excluding hydrogens is 628 g/mol. The summed E-state index contributed by atoms with van der Waals surface area (Å²) in [5, 5.41) is 5.31. The van der Waals surface area contributed by atoms with Crippen LogP contribution in [0.1, 0.15) is 113 Å². The molecule has 5 aliphatic carbocycles. The van der Waals surface area contributed by atoms with Crippen molar-refractivity contribution in [2.45, 2.75) is 125 Å². The third-order valence-corrected chi connectivity index (χ3v) is 15.8. The molecule has 7 rings (SSSR count). The number of carbonyl (C=O) groups excluding carboxylic acids is 4. The van der Waals surface area contributed by atoms with E-state index in [-0.39, 0.29) is 69.0 Å². The molecule has 1 heterocycles. The van der Waals surface area contributed by atoms with Crippen LogP contribution in [0, 0.1) is 56.7 Å². The highest BCUT2D eigenvalue weighted by atomic mass is 16.6. The Labute approximate surface area is 297 Å². The quantitative estimate of drug-likeness (QED) is 0.315. The maximum absolute atomic E-state index is 14.7. The van der Waals surface area contributed by atoms with Gasteiger partial charge in [-0.25, -0.2) is 0 Å². The molecule has 8 heteroatoms. The topological polar surface area (TPSA) is 112 Å². The largest absolute Gasteiger partial charge is 0.459 e. The Kier molecular flexibility index (Phi) is 8.34. The Morgan fingerprint density at radius 1 is 0.780 bits per heavy atom. The number of esters is 2. The van der Waals surface area contributed by atoms with Crippen molar-refractivity contribution in [2.75, 3.05) is 5.32 Å². The summed E-state index contributed by atoms with van der Waals surface area (Å²) in [6.07, 6.45) is 10.4. The molecule has 2 aromatic rings. The molecule has 11 atom stereocenters. The number of fused-ring (bicyclic) bond motifs is 8. The van der Waals surface area contributed by atoms with Crippen molar-refractivity contribution in [1.82, 2.24) is 4.98 Å². The van der Waals surface area contributed by atoms with Gasteiger partial charge in [-0.05, 0) is 105 Å². The molecule has 5 fully saturated rings. The van der Waals surface area contributed by atoms with Gasteiger partial charge in [-0.1, -0.05) is 58.9 Å². The van der Waals surface area contributed by atoms with E-state index in [1.165, 1.54) is 13.8 Å². The molecule has 1 N–H and O–H groups in total. The van der Waals surface area contributed by atoms with Gasteiger partial charge in [-0.2, -0.15) is 0 Å². The number of nitrogens with zero attached hydrogens (tertiary/aromatic N) is 1. The smallest absolute Gasteiger partial charge is 0.303 e. The van der Waals surface area contributed by atoms with Crippen molar-refractivity contribution < 1.29 is 28.7 Å². The monoisotopic (exact) mass is 684 g/mol. The summed E-state index contributed by atoms with van der Waals surface area (Å²) in [4.78, 5) is 57.4. The number of carbonyl (C=O) groups is 4. The molecule has 50 heavy (non-hydrogen) atoms. The van der Waals surface area contributed by atoms with Gasteiger partial charge in [0.1, 0.15) is 18.0 Å². The number of nitrogens with one attached hydrogen (secondary N) is 1. The Hall–Kier alpha value is -3.29. The second-order valence-electron chi connectivity index (χ2n) is 18.2. The molecule has 0 unspecified atom stereocenters. The zero-order chi connectivity index (χ0) is 36.0. The van der Waals surface area contributed by atoms with Gasteiger partial charge in [0, 0.05) is 42.1 Å². The van der Waals surface area contributed by atoms with Crippen LogP contribution >= 0.6 is 0 Å². The summed E-state index contributed by atoms with van der Waals surface area (Å²) in [6, 6.07) is 8.01. The molecule has 270 valence electrons. The number of Topliss-reactive ketones (excluding diaryl/α,β-unsaturated/α-hetero) is 1. The minimum absolute atomic E-state index is 0.0186. The van der Waals surface area contributed by atoms with E-state index in [1.807, 2.05) is 30.5 Å². The van der Waals surface area contributed by atoms with Crippen LogP contribution in [0.2, 0.25) is 0 Å². The van der Waals surface area contributed by atoms with Crippen LogP contribution in [-0.2, 0) is 28.7 Å². The third kappa shape index (κ3) is 4.92. The van der Waals surface area contributed by atoms with E-state index in [9.17, 15) is 19.2 Å². The zero-order valence-corrected chi connectivity index (χ0v) is 31.3. The Morgan fingerprint density at radius 2 is 1.50 bits per heavy atom. The fraction of sp³-hybridized carbons (Fsp3) is 0.690. The summed E-state index contributed by atoms with van der Waals surface area (Å²) >= 11 is 0. The number of hydrogen-bond donors (Lipinski definition) is 1. The number of benzene rings is 1. The lowest BCUT2D eigenvalue weighted by Gasteiger charge is -2.73. The van der Waals surface area contributed by atoms with Gasteiger partial charge in [0.2, 0.25) is 5.91 Å². The third-order valence-electron chi connectivity index (χ3n) is 15.8. The molecule has 5 aliphatic rings. The van der Waals surface area contributed by atoms with Gasteiger partial charge in [-0.15, -0.1) is 0 Å². The number of ketones is 1. The van der Waals surface area contributed by atoms with Gasteiger partial charge in [0.25, 0.3) is 0 Å². The number of pyridine rings is 1. The first-order valence-corrected chi connectivity index (χ1v) is 19.0. The summed E-state index contributed by atoms with van der Waals surface area (Å²) in [7, 11) is 0. The number of hydrogen-bond acceptors (Lipinski definition) is 7. The molecular formula is C42H56N2O6. The minimum atomic E-state index is -0.605. The maximum Gasteiger partial charge on any atom is 0.303 e. The average molecular weight is 685 g/mol. The van der Waals surface area contributed by atoms with Gasteiger partial charge in [0.05, 0.1) is 17.3 Å². The number of ether oxygens (including phenoxy) is 2. The van der Waals surface area contributed by atoms with Crippen LogP contribution < -0.4 is 5.32 Å². The lowest BCUT2D eigenvalue weighted by molar-refractivity contribution is -0.267. The van der Waals surface area contributed by atoms with E-state index >= 15 is 0 Å². The maximum atomic E-state index is 14.7. The van der Waals surface area contributed by atoms with Crippen molar-refractivity contribution >= 4 is 40.1 Å². The van der Waals surface area contributed by atoms with E-state index in [1.54, 1.807) is 13.1 Å². The predicted molar refractivity (Wildman–Crippen MR) is 192 cm³/mol. The number of aromatic nitrogens is 1. The Bertz CT molecular complexity index is 1730. The van der Waals surface area contributed by atoms with Crippen LogP contribution in [0.15, 0.2) is 36.7 Å². The lowest BCUT2D eigenvalue weighted by atomic mass is 9.32.